The standard InChI is InChI=1S/C17H28N2O2S/c1-18(13-15-5-2-3-9-21-15)14-16(17-6-4-12-22-17)19-7-10-20-11-8-19/h4,6,12,15-16H,2-3,5,7-11,13-14H2,1H3/t15-,16+/m0/s1. The molecular formula is C17H28N2O2S. The van der Waals surface area contributed by atoms with E-state index in [2.05, 4.69) is 34.4 Å². The summed E-state index contributed by atoms with van der Waals surface area (Å²) >= 11 is 1.87. The molecule has 4 nitrogen and oxygen atoms in total. The Morgan fingerprint density at radius 2 is 2.18 bits per heavy atom. The van der Waals surface area contributed by atoms with E-state index in [1.54, 1.807) is 0 Å². The highest BCUT2D eigenvalue weighted by molar-refractivity contribution is 7.10. The second-order valence-corrected chi connectivity index (χ2v) is 7.37. The van der Waals surface area contributed by atoms with E-state index < -0.39 is 0 Å². The van der Waals surface area contributed by atoms with Gasteiger partial charge in [-0.15, -0.1) is 11.3 Å². The molecule has 0 amide bonds. The van der Waals surface area contributed by atoms with Crippen LogP contribution in [0.3, 0.4) is 0 Å². The fourth-order valence-electron chi connectivity index (χ4n) is 3.42. The molecule has 2 aliphatic rings. The van der Waals surface area contributed by atoms with Crippen LogP contribution in [0.5, 0.6) is 0 Å². The predicted octanol–water partition coefficient (Wildman–Crippen LogP) is 2.62. The van der Waals surface area contributed by atoms with Crippen LogP contribution < -0.4 is 0 Å². The lowest BCUT2D eigenvalue weighted by Crippen LogP contribution is -2.44. The van der Waals surface area contributed by atoms with E-state index in [0.29, 0.717) is 12.1 Å². The third-order valence-electron chi connectivity index (χ3n) is 4.63. The van der Waals surface area contributed by atoms with Gasteiger partial charge < -0.3 is 14.4 Å². The summed E-state index contributed by atoms with van der Waals surface area (Å²) in [5, 5.41) is 2.19. The quantitative estimate of drug-likeness (QED) is 0.803. The summed E-state index contributed by atoms with van der Waals surface area (Å²) in [4.78, 5) is 6.50. The van der Waals surface area contributed by atoms with Crippen molar-refractivity contribution in [2.75, 3.05) is 53.0 Å². The maximum Gasteiger partial charge on any atom is 0.0701 e. The zero-order chi connectivity index (χ0) is 15.2. The van der Waals surface area contributed by atoms with Crippen LogP contribution in [0.1, 0.15) is 30.2 Å². The molecule has 2 fully saturated rings. The van der Waals surface area contributed by atoms with Crippen molar-refractivity contribution in [2.45, 2.75) is 31.4 Å². The molecule has 0 aliphatic carbocycles. The first-order valence-electron chi connectivity index (χ1n) is 8.48. The highest BCUT2D eigenvalue weighted by atomic mass is 32.1. The summed E-state index contributed by atoms with van der Waals surface area (Å²) < 4.78 is 11.4. The number of nitrogens with zero attached hydrogens (tertiary/aromatic N) is 2. The van der Waals surface area contributed by atoms with Gasteiger partial charge in [-0.2, -0.15) is 0 Å². The van der Waals surface area contributed by atoms with Gasteiger partial charge in [-0.1, -0.05) is 6.07 Å². The number of likely N-dealkylation sites (N-methyl/N-ethyl adjacent to an activating group) is 1. The molecule has 2 atom stereocenters. The third kappa shape index (κ3) is 4.52. The molecule has 22 heavy (non-hydrogen) atoms. The monoisotopic (exact) mass is 324 g/mol. The van der Waals surface area contributed by atoms with Crippen molar-refractivity contribution in [3.05, 3.63) is 22.4 Å². The third-order valence-corrected chi connectivity index (χ3v) is 5.61. The van der Waals surface area contributed by atoms with Gasteiger partial charge in [-0.3, -0.25) is 4.90 Å². The van der Waals surface area contributed by atoms with Crippen LogP contribution in [-0.4, -0.2) is 69.0 Å². The number of rotatable bonds is 6. The Kier molecular flexibility index (Phi) is 6.27. The van der Waals surface area contributed by atoms with Crippen LogP contribution in [-0.2, 0) is 9.47 Å². The predicted molar refractivity (Wildman–Crippen MR) is 90.5 cm³/mol. The molecular weight excluding hydrogens is 296 g/mol. The van der Waals surface area contributed by atoms with E-state index in [0.717, 1.165) is 46.0 Å². The van der Waals surface area contributed by atoms with Crippen LogP contribution in [0.25, 0.3) is 0 Å². The highest BCUT2D eigenvalue weighted by Crippen LogP contribution is 2.27. The molecule has 0 bridgehead atoms. The van der Waals surface area contributed by atoms with E-state index in [4.69, 9.17) is 9.47 Å². The Morgan fingerprint density at radius 1 is 1.32 bits per heavy atom. The first-order chi connectivity index (χ1) is 10.8. The van der Waals surface area contributed by atoms with Crippen molar-refractivity contribution in [1.29, 1.82) is 0 Å². The molecule has 3 rings (SSSR count). The summed E-state index contributed by atoms with van der Waals surface area (Å²) in [5.74, 6) is 0. The van der Waals surface area contributed by atoms with E-state index >= 15 is 0 Å². The van der Waals surface area contributed by atoms with Gasteiger partial charge in [0.05, 0.1) is 25.4 Å². The zero-order valence-corrected chi connectivity index (χ0v) is 14.4. The first kappa shape index (κ1) is 16.4. The fourth-order valence-corrected chi connectivity index (χ4v) is 4.28. The van der Waals surface area contributed by atoms with Crippen LogP contribution >= 0.6 is 11.3 Å². The minimum atomic E-state index is 0.424. The number of ether oxygens (including phenoxy) is 2. The molecule has 5 heteroatoms. The van der Waals surface area contributed by atoms with Gasteiger partial charge in [-0.25, -0.2) is 0 Å². The second-order valence-electron chi connectivity index (χ2n) is 6.39. The molecule has 0 saturated carbocycles. The number of hydrogen-bond donors (Lipinski definition) is 0. The van der Waals surface area contributed by atoms with Gasteiger partial charge in [0.1, 0.15) is 0 Å². The smallest absolute Gasteiger partial charge is 0.0701 e. The summed E-state index contributed by atoms with van der Waals surface area (Å²) in [5.41, 5.74) is 0. The van der Waals surface area contributed by atoms with Gasteiger partial charge in [0, 0.05) is 37.7 Å². The SMILES string of the molecule is CN(C[C@@H]1CCCCO1)C[C@H](c1cccs1)N1CCOCC1. The summed E-state index contributed by atoms with van der Waals surface area (Å²) in [7, 11) is 2.24. The Balaban J connectivity index is 1.59. The second kappa shape index (κ2) is 8.41. The van der Waals surface area contributed by atoms with E-state index in [1.165, 1.54) is 24.1 Å². The molecule has 1 aromatic heterocycles. The van der Waals surface area contributed by atoms with Crippen LogP contribution in [0.15, 0.2) is 17.5 Å². The molecule has 0 unspecified atom stereocenters. The van der Waals surface area contributed by atoms with Crippen molar-refractivity contribution in [3.63, 3.8) is 0 Å². The largest absolute Gasteiger partial charge is 0.379 e. The number of hydrogen-bond acceptors (Lipinski definition) is 5. The van der Waals surface area contributed by atoms with Crippen molar-refractivity contribution in [2.24, 2.45) is 0 Å². The lowest BCUT2D eigenvalue weighted by atomic mass is 10.1. The van der Waals surface area contributed by atoms with Crippen LogP contribution in [0.4, 0.5) is 0 Å². The van der Waals surface area contributed by atoms with Crippen molar-refractivity contribution < 1.29 is 9.47 Å². The van der Waals surface area contributed by atoms with E-state index in [9.17, 15) is 0 Å². The Morgan fingerprint density at radius 3 is 2.86 bits per heavy atom. The summed E-state index contributed by atoms with van der Waals surface area (Å²) in [6.45, 7) is 6.85. The lowest BCUT2D eigenvalue weighted by Gasteiger charge is -2.37. The van der Waals surface area contributed by atoms with E-state index in [-0.39, 0.29) is 0 Å². The molecule has 2 aliphatic heterocycles. The minimum Gasteiger partial charge on any atom is -0.379 e. The van der Waals surface area contributed by atoms with Gasteiger partial charge in [-0.05, 0) is 37.8 Å². The first-order valence-corrected chi connectivity index (χ1v) is 9.36. The molecule has 0 aromatic carbocycles. The molecule has 2 saturated heterocycles. The zero-order valence-electron chi connectivity index (χ0n) is 13.6. The van der Waals surface area contributed by atoms with E-state index in [1.807, 2.05) is 11.3 Å². The summed E-state index contributed by atoms with van der Waals surface area (Å²) in [6.07, 6.45) is 4.18. The lowest BCUT2D eigenvalue weighted by molar-refractivity contribution is -0.0150. The van der Waals surface area contributed by atoms with Gasteiger partial charge in [0.25, 0.3) is 0 Å². The average molecular weight is 324 g/mol. The van der Waals surface area contributed by atoms with Crippen molar-refractivity contribution in [3.8, 4) is 0 Å². The highest BCUT2D eigenvalue weighted by Gasteiger charge is 2.26. The molecule has 0 radical (unpaired) electrons. The maximum atomic E-state index is 5.89. The van der Waals surface area contributed by atoms with Crippen molar-refractivity contribution in [1.82, 2.24) is 9.80 Å². The fraction of sp³-hybridized carbons (Fsp3) is 0.765. The van der Waals surface area contributed by atoms with Crippen LogP contribution in [0.2, 0.25) is 0 Å². The summed E-state index contributed by atoms with van der Waals surface area (Å²) in [6, 6.07) is 4.92. The molecule has 3 heterocycles. The molecule has 0 spiro atoms. The topological polar surface area (TPSA) is 24.9 Å². The minimum absolute atomic E-state index is 0.424. The average Bonchev–Trinajstić information content (AvgIpc) is 3.08. The van der Waals surface area contributed by atoms with Crippen LogP contribution in [0, 0.1) is 0 Å². The number of morpholine rings is 1. The van der Waals surface area contributed by atoms with Gasteiger partial charge in [0.2, 0.25) is 0 Å². The normalized spacial score (nSPS) is 25.5. The Hall–Kier alpha value is -0.460. The maximum absolute atomic E-state index is 5.89. The molecule has 1 aromatic rings. The van der Waals surface area contributed by atoms with Gasteiger partial charge >= 0.3 is 0 Å². The molecule has 124 valence electrons. The number of thiophene rings is 1. The Bertz CT molecular complexity index is 414. The molecule has 0 N–H and O–H groups in total. The van der Waals surface area contributed by atoms with Crippen molar-refractivity contribution >= 4 is 11.3 Å². The van der Waals surface area contributed by atoms with Gasteiger partial charge in [0.15, 0.2) is 0 Å². The Labute approximate surface area is 138 Å².